The molecule has 0 aliphatic rings. The molecule has 0 aliphatic heterocycles. The summed E-state index contributed by atoms with van der Waals surface area (Å²) >= 11 is 0. The maximum absolute atomic E-state index is 4.31. The quantitative estimate of drug-likeness (QED) is 0.0224. The molecule has 0 saturated carbocycles. The van der Waals surface area contributed by atoms with Crippen LogP contribution < -0.4 is 21.3 Å². The van der Waals surface area contributed by atoms with Crippen LogP contribution >= 0.6 is 0 Å². The Balaban J connectivity index is 0.713. The van der Waals surface area contributed by atoms with Gasteiger partial charge in [0.1, 0.15) is 0 Å². The van der Waals surface area contributed by atoms with Gasteiger partial charge in [-0.3, -0.25) is 26.2 Å². The predicted molar refractivity (Wildman–Crippen MR) is 514 cm³/mol. The molecule has 15 aromatic carbocycles. The van der Waals surface area contributed by atoms with Gasteiger partial charge in [-0.2, -0.15) is 0 Å². The van der Waals surface area contributed by atoms with Crippen LogP contribution in [-0.2, 0) is 27.7 Å². The van der Waals surface area contributed by atoms with Crippen LogP contribution in [0.3, 0.4) is 0 Å². The van der Waals surface area contributed by atoms with Gasteiger partial charge in [0.05, 0.1) is 27.7 Å². The molecular formula is C116H121N7. The van der Waals surface area contributed by atoms with E-state index in [1.807, 2.05) is 0 Å². The van der Waals surface area contributed by atoms with Crippen molar-refractivity contribution in [3.8, 4) is 0 Å². The highest BCUT2D eigenvalue weighted by Gasteiger charge is 2.44. The Bertz CT molecular complexity index is 4940. The molecule has 7 heteroatoms. The highest BCUT2D eigenvalue weighted by molar-refractivity contribution is 5.55. The van der Waals surface area contributed by atoms with E-state index >= 15 is 0 Å². The van der Waals surface area contributed by atoms with Crippen molar-refractivity contribution >= 4 is 0 Å². The van der Waals surface area contributed by atoms with Crippen LogP contribution in [0.15, 0.2) is 455 Å². The number of hydrogen-bond donors (Lipinski definition) is 4. The normalized spacial score (nSPS) is 12.1. The van der Waals surface area contributed by atoms with Crippen LogP contribution in [0.5, 0.6) is 0 Å². The SMILES string of the molecule is c1ccc(C(NCCCCN(CCCCN(CCCCN(CCCNC(c2ccccc2)(c2ccccc2)c2ccccc2)C(c2ccccc2)(c2ccccc2)c2ccccc2)CCCNC(c2ccccc2)(c2ccccc2)c2ccccc2)CCCNC(c2ccccc2)(c2ccccc2)c2ccccc2)(c2ccccc2)c2ccccc2)cc1. The van der Waals surface area contributed by atoms with Gasteiger partial charge in [0.25, 0.3) is 0 Å². The first-order valence-electron chi connectivity index (χ1n) is 45.1. The Kier molecular flexibility index (Phi) is 30.9. The Labute approximate surface area is 733 Å². The second kappa shape index (κ2) is 44.2. The summed E-state index contributed by atoms with van der Waals surface area (Å²) in [4.78, 5) is 8.48. The maximum Gasteiger partial charge on any atom is 0.0972 e. The molecule has 0 bridgehead atoms. The molecule has 0 amide bonds. The molecule has 15 aromatic rings. The van der Waals surface area contributed by atoms with Crippen molar-refractivity contribution in [1.82, 2.24) is 36.0 Å². The van der Waals surface area contributed by atoms with Gasteiger partial charge in [0, 0.05) is 6.54 Å². The third kappa shape index (κ3) is 20.4. The van der Waals surface area contributed by atoms with Crippen molar-refractivity contribution in [2.45, 2.75) is 85.5 Å². The van der Waals surface area contributed by atoms with Crippen LogP contribution in [0, 0.1) is 0 Å². The van der Waals surface area contributed by atoms with E-state index in [-0.39, 0.29) is 0 Å². The minimum Gasteiger partial charge on any atom is -0.303 e. The molecule has 123 heavy (non-hydrogen) atoms. The molecule has 0 saturated heterocycles. The van der Waals surface area contributed by atoms with Gasteiger partial charge in [-0.05, 0) is 213 Å². The van der Waals surface area contributed by atoms with Crippen molar-refractivity contribution in [2.24, 2.45) is 0 Å². The molecule has 7 nitrogen and oxygen atoms in total. The topological polar surface area (TPSA) is 57.8 Å². The maximum atomic E-state index is 4.31. The number of benzene rings is 15. The first-order chi connectivity index (χ1) is 61.0. The highest BCUT2D eigenvalue weighted by Crippen LogP contribution is 2.45. The van der Waals surface area contributed by atoms with E-state index in [1.54, 1.807) is 0 Å². The van der Waals surface area contributed by atoms with Gasteiger partial charge in [-0.15, -0.1) is 0 Å². The summed E-state index contributed by atoms with van der Waals surface area (Å²) < 4.78 is 0. The number of unbranched alkanes of at least 4 members (excludes halogenated alkanes) is 3. The molecule has 0 atom stereocenters. The molecule has 0 heterocycles. The van der Waals surface area contributed by atoms with Crippen LogP contribution in [0.1, 0.15) is 141 Å². The van der Waals surface area contributed by atoms with Gasteiger partial charge in [0.15, 0.2) is 0 Å². The van der Waals surface area contributed by atoms with E-state index in [9.17, 15) is 0 Å². The van der Waals surface area contributed by atoms with Crippen LogP contribution in [-0.4, -0.2) is 93.2 Å². The van der Waals surface area contributed by atoms with Gasteiger partial charge >= 0.3 is 0 Å². The zero-order valence-electron chi connectivity index (χ0n) is 71.5. The molecule has 0 aliphatic carbocycles. The molecule has 4 N–H and O–H groups in total. The van der Waals surface area contributed by atoms with Crippen molar-refractivity contribution in [2.75, 3.05) is 78.5 Å². The minimum atomic E-state index is -0.600. The molecule has 0 aromatic heterocycles. The summed E-state index contributed by atoms with van der Waals surface area (Å²) in [5, 5.41) is 17.1. The summed E-state index contributed by atoms with van der Waals surface area (Å²) in [6.07, 6.45) is 9.20. The summed E-state index contributed by atoms with van der Waals surface area (Å²) in [6, 6.07) is 167. The lowest BCUT2D eigenvalue weighted by Crippen LogP contribution is -2.50. The molecule has 620 valence electrons. The van der Waals surface area contributed by atoms with E-state index < -0.39 is 27.7 Å². The molecule has 0 unspecified atom stereocenters. The first kappa shape index (κ1) is 86.0. The fraction of sp³-hybridized carbons (Fsp3) is 0.224. The van der Waals surface area contributed by atoms with Crippen molar-refractivity contribution in [3.63, 3.8) is 0 Å². The van der Waals surface area contributed by atoms with E-state index in [2.05, 4.69) is 491 Å². The number of nitrogens with one attached hydrogen (secondary N) is 4. The lowest BCUT2D eigenvalue weighted by Gasteiger charge is -2.46. The van der Waals surface area contributed by atoms with E-state index in [0.717, 1.165) is 136 Å². The zero-order valence-corrected chi connectivity index (χ0v) is 71.5. The smallest absolute Gasteiger partial charge is 0.0972 e. The summed E-state index contributed by atoms with van der Waals surface area (Å²) in [7, 11) is 0. The number of hydrogen-bond acceptors (Lipinski definition) is 7. The standard InChI is InChI=1S/C116H121N7/c1-16-55-97(56-17-1)112(98-57-18-2-19-58-98,99-59-20-3-21-60-99)117-85-46-47-89-121(93-52-86-118-113(100-61-22-4-23-62-100,101-63-24-5-25-64-101)102-65-26-6-27-66-102)90-48-49-91-122(94-53-87-119-114(103-67-28-7-29-68-103,104-69-30-8-31-70-104)105-71-32-9-33-72-105)92-50-51-95-123(116(109-79-40-13-41-80-109,110-81-42-14-43-82-110)111-83-44-15-45-84-111)96-54-88-120-115(106-73-34-10-35-74-106,107-75-36-11-37-76-107)108-77-38-12-39-78-108/h1-45,55-84,117-120H,46-54,85-96H2. The molecule has 15 rings (SSSR count). The van der Waals surface area contributed by atoms with E-state index in [0.29, 0.717) is 0 Å². The second-order valence-corrected chi connectivity index (χ2v) is 32.8. The van der Waals surface area contributed by atoms with Crippen molar-refractivity contribution in [1.29, 1.82) is 0 Å². The minimum absolute atomic E-state index is 0.522. The van der Waals surface area contributed by atoms with Crippen LogP contribution in [0.25, 0.3) is 0 Å². The van der Waals surface area contributed by atoms with Crippen LogP contribution in [0.4, 0.5) is 0 Å². The van der Waals surface area contributed by atoms with Gasteiger partial charge < -0.3 is 9.80 Å². The third-order valence-electron chi connectivity index (χ3n) is 25.3. The first-order valence-corrected chi connectivity index (χ1v) is 45.1. The lowest BCUT2D eigenvalue weighted by atomic mass is 9.75. The second-order valence-electron chi connectivity index (χ2n) is 32.8. The Morgan fingerprint density at radius 3 is 0.455 bits per heavy atom. The molecule has 0 radical (unpaired) electrons. The van der Waals surface area contributed by atoms with E-state index in [1.165, 1.54) is 83.5 Å². The average molecular weight is 1610 g/mol. The van der Waals surface area contributed by atoms with Crippen molar-refractivity contribution < 1.29 is 0 Å². The molecule has 0 fully saturated rings. The number of rotatable bonds is 47. The Morgan fingerprint density at radius 1 is 0.138 bits per heavy atom. The Hall–Kier alpha value is -12.0. The van der Waals surface area contributed by atoms with Gasteiger partial charge in [-0.1, -0.05) is 455 Å². The molecular weight excluding hydrogens is 1490 g/mol. The molecule has 0 spiro atoms. The summed E-state index contributed by atoms with van der Waals surface area (Å²) in [6.45, 7) is 11.0. The summed E-state index contributed by atoms with van der Waals surface area (Å²) in [5.74, 6) is 0. The van der Waals surface area contributed by atoms with E-state index in [4.69, 9.17) is 0 Å². The highest BCUT2D eigenvalue weighted by atomic mass is 15.2. The van der Waals surface area contributed by atoms with Crippen molar-refractivity contribution in [3.05, 3.63) is 538 Å². The Morgan fingerprint density at radius 2 is 0.268 bits per heavy atom. The monoisotopic (exact) mass is 1610 g/mol. The largest absolute Gasteiger partial charge is 0.303 e. The summed E-state index contributed by atoms with van der Waals surface area (Å²) in [5.41, 5.74) is 15.8. The fourth-order valence-electron chi connectivity index (χ4n) is 19.4. The van der Waals surface area contributed by atoms with Gasteiger partial charge in [0.2, 0.25) is 0 Å². The van der Waals surface area contributed by atoms with Crippen LogP contribution in [0.2, 0.25) is 0 Å². The fourth-order valence-corrected chi connectivity index (χ4v) is 19.4. The van der Waals surface area contributed by atoms with Gasteiger partial charge in [-0.25, -0.2) is 0 Å². The number of nitrogens with zero attached hydrogens (tertiary/aromatic N) is 3. The third-order valence-corrected chi connectivity index (χ3v) is 25.3. The zero-order chi connectivity index (χ0) is 83.6. The lowest BCUT2D eigenvalue weighted by molar-refractivity contribution is 0.146. The average Bonchev–Trinajstić information content (AvgIpc) is 0.738. The predicted octanol–water partition coefficient (Wildman–Crippen LogP) is 23.7.